The van der Waals surface area contributed by atoms with Gasteiger partial charge in [0.05, 0.1) is 5.56 Å². The second-order valence-corrected chi connectivity index (χ2v) is 5.15. The highest BCUT2D eigenvalue weighted by atomic mass is 19.1. The lowest BCUT2D eigenvalue weighted by atomic mass is 9.85. The van der Waals surface area contributed by atoms with Crippen molar-refractivity contribution < 1.29 is 13.9 Å². The molecule has 1 aromatic carbocycles. The van der Waals surface area contributed by atoms with E-state index < -0.39 is 11.4 Å². The van der Waals surface area contributed by atoms with Crippen molar-refractivity contribution in [2.45, 2.75) is 51.0 Å². The normalized spacial score (nSPS) is 18.8. The minimum atomic E-state index is -0.812. The zero-order valence-corrected chi connectivity index (χ0v) is 11.5. The minimum Gasteiger partial charge on any atom is -0.367 e. The maximum absolute atomic E-state index is 13.8. The lowest BCUT2D eigenvalue weighted by Gasteiger charge is -2.31. The lowest BCUT2D eigenvalue weighted by Crippen LogP contribution is -2.41. The highest BCUT2D eigenvalue weighted by Gasteiger charge is 2.40. The van der Waals surface area contributed by atoms with E-state index in [1.165, 1.54) is 6.07 Å². The number of rotatable bonds is 4. The van der Waals surface area contributed by atoms with Gasteiger partial charge in [0.25, 0.3) is 0 Å². The Morgan fingerprint density at radius 1 is 1.21 bits per heavy atom. The molecule has 0 bridgehead atoms. The lowest BCUT2D eigenvalue weighted by molar-refractivity contribution is -0.0295. The second kappa shape index (κ2) is 6.29. The van der Waals surface area contributed by atoms with E-state index in [-0.39, 0.29) is 11.3 Å². The number of benzene rings is 1. The summed E-state index contributed by atoms with van der Waals surface area (Å²) in [7, 11) is 0. The average molecular weight is 264 g/mol. The third-order valence-electron chi connectivity index (χ3n) is 3.86. The summed E-state index contributed by atoms with van der Waals surface area (Å²) in [5.41, 5.74) is -0.647. The number of halogens is 1. The van der Waals surface area contributed by atoms with Gasteiger partial charge >= 0.3 is 0 Å². The summed E-state index contributed by atoms with van der Waals surface area (Å²) in [6.07, 6.45) is 5.60. The molecule has 0 radical (unpaired) electrons. The van der Waals surface area contributed by atoms with E-state index in [1.54, 1.807) is 18.2 Å². The quantitative estimate of drug-likeness (QED) is 0.603. The first-order chi connectivity index (χ1) is 9.19. The van der Waals surface area contributed by atoms with Crippen molar-refractivity contribution >= 4 is 5.78 Å². The Balaban J connectivity index is 2.32. The van der Waals surface area contributed by atoms with Gasteiger partial charge < -0.3 is 4.74 Å². The van der Waals surface area contributed by atoms with Gasteiger partial charge in [0.2, 0.25) is 0 Å². The molecule has 0 aromatic heterocycles. The molecule has 1 aromatic rings. The molecule has 0 saturated heterocycles. The number of carbonyl (C=O) groups is 1. The Morgan fingerprint density at radius 3 is 2.42 bits per heavy atom. The fourth-order valence-corrected chi connectivity index (χ4v) is 2.90. The van der Waals surface area contributed by atoms with E-state index in [4.69, 9.17) is 4.74 Å². The van der Waals surface area contributed by atoms with Crippen molar-refractivity contribution in [3.05, 3.63) is 35.6 Å². The summed E-state index contributed by atoms with van der Waals surface area (Å²) >= 11 is 0. The van der Waals surface area contributed by atoms with Gasteiger partial charge in [-0.3, -0.25) is 4.79 Å². The average Bonchev–Trinajstić information content (AvgIpc) is 2.66. The molecule has 1 fully saturated rings. The van der Waals surface area contributed by atoms with Gasteiger partial charge in [-0.1, -0.05) is 37.8 Å². The van der Waals surface area contributed by atoms with Crippen LogP contribution in [-0.2, 0) is 4.74 Å². The van der Waals surface area contributed by atoms with E-state index >= 15 is 0 Å². The van der Waals surface area contributed by atoms with Gasteiger partial charge in [-0.2, -0.15) is 0 Å². The smallest absolute Gasteiger partial charge is 0.197 e. The van der Waals surface area contributed by atoms with E-state index in [2.05, 4.69) is 0 Å². The second-order valence-electron chi connectivity index (χ2n) is 5.15. The predicted molar refractivity (Wildman–Crippen MR) is 72.8 cm³/mol. The molecule has 0 atom stereocenters. The maximum atomic E-state index is 13.8. The number of ether oxygens (including phenoxy) is 1. The molecule has 0 N–H and O–H groups in total. The van der Waals surface area contributed by atoms with E-state index in [0.717, 1.165) is 25.7 Å². The van der Waals surface area contributed by atoms with Crippen LogP contribution in [0.3, 0.4) is 0 Å². The predicted octanol–water partition coefficient (Wildman–Crippen LogP) is 4.14. The maximum Gasteiger partial charge on any atom is 0.197 e. The molecule has 1 aliphatic carbocycles. The van der Waals surface area contributed by atoms with Gasteiger partial charge in [-0.15, -0.1) is 0 Å². The molecule has 0 unspecified atom stereocenters. The van der Waals surface area contributed by atoms with Crippen LogP contribution in [0.25, 0.3) is 0 Å². The third kappa shape index (κ3) is 3.03. The van der Waals surface area contributed by atoms with Gasteiger partial charge in [0.15, 0.2) is 5.78 Å². The first-order valence-electron chi connectivity index (χ1n) is 7.13. The zero-order valence-electron chi connectivity index (χ0n) is 11.5. The van der Waals surface area contributed by atoms with E-state index in [9.17, 15) is 9.18 Å². The molecule has 0 spiro atoms. The summed E-state index contributed by atoms with van der Waals surface area (Å²) in [4.78, 5) is 12.7. The topological polar surface area (TPSA) is 26.3 Å². The van der Waals surface area contributed by atoms with E-state index in [0.29, 0.717) is 19.4 Å². The van der Waals surface area contributed by atoms with Crippen molar-refractivity contribution in [1.82, 2.24) is 0 Å². The fourth-order valence-electron chi connectivity index (χ4n) is 2.90. The van der Waals surface area contributed by atoms with Crippen molar-refractivity contribution in [2.24, 2.45) is 0 Å². The van der Waals surface area contributed by atoms with E-state index in [1.807, 2.05) is 6.92 Å². The molecule has 19 heavy (non-hydrogen) atoms. The highest BCUT2D eigenvalue weighted by molar-refractivity contribution is 6.02. The molecule has 2 rings (SSSR count). The molecule has 0 heterocycles. The van der Waals surface area contributed by atoms with Crippen molar-refractivity contribution in [2.75, 3.05) is 6.61 Å². The van der Waals surface area contributed by atoms with Gasteiger partial charge in [0, 0.05) is 6.61 Å². The fraction of sp³-hybridized carbons (Fsp3) is 0.562. The van der Waals surface area contributed by atoms with Crippen LogP contribution < -0.4 is 0 Å². The van der Waals surface area contributed by atoms with Crippen LogP contribution in [0.4, 0.5) is 4.39 Å². The molecule has 1 saturated carbocycles. The summed E-state index contributed by atoms with van der Waals surface area (Å²) in [6, 6.07) is 6.20. The Kier molecular flexibility index (Phi) is 4.70. The van der Waals surface area contributed by atoms with Crippen LogP contribution >= 0.6 is 0 Å². The largest absolute Gasteiger partial charge is 0.367 e. The van der Waals surface area contributed by atoms with Gasteiger partial charge in [0.1, 0.15) is 11.4 Å². The summed E-state index contributed by atoms with van der Waals surface area (Å²) in [5, 5.41) is 0. The molecule has 2 nitrogen and oxygen atoms in total. The van der Waals surface area contributed by atoms with Crippen LogP contribution in [0.1, 0.15) is 55.8 Å². The van der Waals surface area contributed by atoms with Gasteiger partial charge in [-0.25, -0.2) is 4.39 Å². The Labute approximate surface area is 114 Å². The molecule has 1 aliphatic rings. The van der Waals surface area contributed by atoms with Crippen LogP contribution in [0.15, 0.2) is 24.3 Å². The van der Waals surface area contributed by atoms with Crippen LogP contribution in [0.5, 0.6) is 0 Å². The third-order valence-corrected chi connectivity index (χ3v) is 3.86. The Morgan fingerprint density at radius 2 is 1.84 bits per heavy atom. The number of hydrogen-bond acceptors (Lipinski definition) is 2. The monoisotopic (exact) mass is 264 g/mol. The van der Waals surface area contributed by atoms with Crippen molar-refractivity contribution in [3.8, 4) is 0 Å². The van der Waals surface area contributed by atoms with Crippen LogP contribution in [0.2, 0.25) is 0 Å². The van der Waals surface area contributed by atoms with Crippen LogP contribution in [0, 0.1) is 5.82 Å². The summed E-state index contributed by atoms with van der Waals surface area (Å²) in [5.74, 6) is -0.634. The SMILES string of the molecule is CCOC1(C(=O)c2ccccc2F)CCCCCC1. The standard InChI is InChI=1S/C16H21FO2/c1-2-19-16(11-7-3-4-8-12-16)15(18)13-9-5-6-10-14(13)17/h5-6,9-10H,2-4,7-8,11-12H2,1H3. The molecular formula is C16H21FO2. The molecule has 104 valence electrons. The first-order valence-corrected chi connectivity index (χ1v) is 7.13. The molecule has 0 aliphatic heterocycles. The molecule has 0 amide bonds. The number of ketones is 1. The number of carbonyl (C=O) groups excluding carboxylic acids is 1. The first kappa shape index (κ1) is 14.2. The number of Topliss-reactive ketones (excluding diaryl/α,β-unsaturated/α-hetero) is 1. The zero-order chi connectivity index (χ0) is 13.7. The van der Waals surface area contributed by atoms with Gasteiger partial charge in [-0.05, 0) is 31.9 Å². The molecule has 3 heteroatoms. The summed E-state index contributed by atoms with van der Waals surface area (Å²) < 4.78 is 19.6. The van der Waals surface area contributed by atoms with Crippen molar-refractivity contribution in [1.29, 1.82) is 0 Å². The summed E-state index contributed by atoms with van der Waals surface area (Å²) in [6.45, 7) is 2.38. The number of hydrogen-bond donors (Lipinski definition) is 0. The Hall–Kier alpha value is -1.22. The highest BCUT2D eigenvalue weighted by Crippen LogP contribution is 2.34. The molecular weight excluding hydrogens is 243 g/mol. The van der Waals surface area contributed by atoms with Crippen LogP contribution in [-0.4, -0.2) is 18.0 Å². The minimum absolute atomic E-state index is 0.165. The Bertz CT molecular complexity index is 434. The van der Waals surface area contributed by atoms with Crippen molar-refractivity contribution in [3.63, 3.8) is 0 Å².